The molecule has 17 heavy (non-hydrogen) atoms. The first-order valence-electron chi connectivity index (χ1n) is 5.79. The number of hydrogen-bond acceptors (Lipinski definition) is 3. The topological polar surface area (TPSA) is 43.6 Å². The number of benzene rings is 1. The maximum absolute atomic E-state index is 4.11. The fraction of sp³-hybridized carbons (Fsp3) is 0.462. The third-order valence-corrected chi connectivity index (χ3v) is 2.62. The molecule has 1 heterocycles. The van der Waals surface area contributed by atoms with Gasteiger partial charge in [-0.3, -0.25) is 0 Å². The van der Waals surface area contributed by atoms with Crippen LogP contribution in [-0.2, 0) is 12.0 Å². The van der Waals surface area contributed by atoms with E-state index in [2.05, 4.69) is 67.5 Å². The first-order valence-corrected chi connectivity index (χ1v) is 5.79. The van der Waals surface area contributed by atoms with Crippen LogP contribution in [0, 0.1) is 6.92 Å². The van der Waals surface area contributed by atoms with Crippen molar-refractivity contribution < 1.29 is 0 Å². The second kappa shape index (κ2) is 4.28. The molecule has 0 atom stereocenters. The van der Waals surface area contributed by atoms with Crippen LogP contribution in [0.3, 0.4) is 0 Å². The Morgan fingerprint density at radius 1 is 1.24 bits per heavy atom. The van der Waals surface area contributed by atoms with Crippen molar-refractivity contribution >= 4 is 0 Å². The molecule has 1 aromatic carbocycles. The summed E-state index contributed by atoms with van der Waals surface area (Å²) in [5.74, 6) is 0.916. The molecule has 0 saturated heterocycles. The largest absolute Gasteiger partial charge is 0.225 e. The van der Waals surface area contributed by atoms with E-state index in [4.69, 9.17) is 0 Å². The molecule has 0 saturated carbocycles. The lowest BCUT2D eigenvalue weighted by Crippen LogP contribution is -2.20. The van der Waals surface area contributed by atoms with Crippen molar-refractivity contribution in [3.8, 4) is 0 Å². The molecule has 1 aromatic heterocycles. The Hall–Kier alpha value is -1.71. The van der Waals surface area contributed by atoms with Gasteiger partial charge in [-0.25, -0.2) is 4.68 Å². The SMILES string of the molecule is Cc1cccc(Cn2nnnc2C(C)(C)C)c1. The van der Waals surface area contributed by atoms with Gasteiger partial charge in [-0.15, -0.1) is 5.10 Å². The molecule has 0 amide bonds. The molecule has 4 nitrogen and oxygen atoms in total. The van der Waals surface area contributed by atoms with Gasteiger partial charge in [-0.2, -0.15) is 0 Å². The van der Waals surface area contributed by atoms with E-state index in [1.165, 1.54) is 11.1 Å². The van der Waals surface area contributed by atoms with E-state index >= 15 is 0 Å². The monoisotopic (exact) mass is 230 g/mol. The summed E-state index contributed by atoms with van der Waals surface area (Å²) in [5.41, 5.74) is 2.45. The molecule has 0 fully saturated rings. The lowest BCUT2D eigenvalue weighted by Gasteiger charge is -2.17. The van der Waals surface area contributed by atoms with Gasteiger partial charge in [-0.05, 0) is 22.9 Å². The molecule has 90 valence electrons. The van der Waals surface area contributed by atoms with Crippen LogP contribution in [0.2, 0.25) is 0 Å². The molecule has 0 N–H and O–H groups in total. The zero-order chi connectivity index (χ0) is 12.5. The van der Waals surface area contributed by atoms with E-state index in [9.17, 15) is 0 Å². The molecule has 0 bridgehead atoms. The van der Waals surface area contributed by atoms with Gasteiger partial charge < -0.3 is 0 Å². The molecular weight excluding hydrogens is 212 g/mol. The van der Waals surface area contributed by atoms with Gasteiger partial charge in [0.2, 0.25) is 0 Å². The van der Waals surface area contributed by atoms with E-state index in [0.717, 1.165) is 12.4 Å². The summed E-state index contributed by atoms with van der Waals surface area (Å²) in [5, 5.41) is 11.9. The van der Waals surface area contributed by atoms with Crippen molar-refractivity contribution in [1.82, 2.24) is 20.2 Å². The number of aromatic nitrogens is 4. The van der Waals surface area contributed by atoms with Crippen molar-refractivity contribution in [2.45, 2.75) is 39.7 Å². The fourth-order valence-electron chi connectivity index (χ4n) is 1.83. The van der Waals surface area contributed by atoms with Gasteiger partial charge in [0, 0.05) is 5.41 Å². The summed E-state index contributed by atoms with van der Waals surface area (Å²) in [6.45, 7) is 9.16. The summed E-state index contributed by atoms with van der Waals surface area (Å²) >= 11 is 0. The zero-order valence-electron chi connectivity index (χ0n) is 10.8. The summed E-state index contributed by atoms with van der Waals surface area (Å²) in [6.07, 6.45) is 0. The van der Waals surface area contributed by atoms with Gasteiger partial charge in [-0.1, -0.05) is 50.6 Å². The Labute approximate surface area is 102 Å². The van der Waals surface area contributed by atoms with E-state index in [1.54, 1.807) is 0 Å². The first-order chi connectivity index (χ1) is 7.97. The van der Waals surface area contributed by atoms with Crippen molar-refractivity contribution in [1.29, 1.82) is 0 Å². The van der Waals surface area contributed by atoms with Crippen LogP contribution in [0.25, 0.3) is 0 Å². The van der Waals surface area contributed by atoms with Crippen molar-refractivity contribution in [3.05, 3.63) is 41.2 Å². The number of nitrogens with zero attached hydrogens (tertiary/aromatic N) is 4. The lowest BCUT2D eigenvalue weighted by atomic mass is 9.96. The fourth-order valence-corrected chi connectivity index (χ4v) is 1.83. The lowest BCUT2D eigenvalue weighted by molar-refractivity contribution is 0.490. The van der Waals surface area contributed by atoms with E-state index in [1.807, 2.05) is 4.68 Å². The predicted octanol–water partition coefficient (Wildman–Crippen LogP) is 2.33. The maximum atomic E-state index is 4.11. The second-order valence-electron chi connectivity index (χ2n) is 5.40. The minimum absolute atomic E-state index is 0.0344. The molecule has 0 aliphatic rings. The highest BCUT2D eigenvalue weighted by atomic mass is 15.5. The first kappa shape index (κ1) is 11.8. The quantitative estimate of drug-likeness (QED) is 0.795. The third kappa shape index (κ3) is 2.70. The van der Waals surface area contributed by atoms with Crippen LogP contribution in [-0.4, -0.2) is 20.2 Å². The van der Waals surface area contributed by atoms with Crippen molar-refractivity contribution in [2.24, 2.45) is 0 Å². The Morgan fingerprint density at radius 2 is 2.00 bits per heavy atom. The van der Waals surface area contributed by atoms with Crippen molar-refractivity contribution in [2.75, 3.05) is 0 Å². The van der Waals surface area contributed by atoms with Crippen LogP contribution in [0.15, 0.2) is 24.3 Å². The predicted molar refractivity (Wildman–Crippen MR) is 66.8 cm³/mol. The Morgan fingerprint density at radius 3 is 2.65 bits per heavy atom. The van der Waals surface area contributed by atoms with Crippen LogP contribution in [0.1, 0.15) is 37.7 Å². The highest BCUT2D eigenvalue weighted by Gasteiger charge is 2.21. The van der Waals surface area contributed by atoms with Crippen LogP contribution in [0.4, 0.5) is 0 Å². The highest BCUT2D eigenvalue weighted by molar-refractivity contribution is 5.22. The third-order valence-electron chi connectivity index (χ3n) is 2.62. The molecule has 0 radical (unpaired) electrons. The number of hydrogen-bond donors (Lipinski definition) is 0. The zero-order valence-corrected chi connectivity index (χ0v) is 10.8. The van der Waals surface area contributed by atoms with Crippen molar-refractivity contribution in [3.63, 3.8) is 0 Å². The highest BCUT2D eigenvalue weighted by Crippen LogP contribution is 2.19. The molecule has 4 heteroatoms. The maximum Gasteiger partial charge on any atom is 0.156 e. The summed E-state index contributed by atoms with van der Waals surface area (Å²) in [7, 11) is 0. The molecule has 2 aromatic rings. The Bertz CT molecular complexity index is 508. The van der Waals surface area contributed by atoms with Gasteiger partial charge in [0.25, 0.3) is 0 Å². The molecule has 0 unspecified atom stereocenters. The molecule has 0 aliphatic carbocycles. The normalized spacial score (nSPS) is 11.8. The molecular formula is C13H18N4. The average Bonchev–Trinajstić information content (AvgIpc) is 2.65. The minimum atomic E-state index is -0.0344. The minimum Gasteiger partial charge on any atom is -0.225 e. The van der Waals surface area contributed by atoms with Crippen LogP contribution < -0.4 is 0 Å². The van der Waals surface area contributed by atoms with Crippen LogP contribution in [0.5, 0.6) is 0 Å². The Balaban J connectivity index is 2.28. The van der Waals surface area contributed by atoms with Gasteiger partial charge in [0.15, 0.2) is 5.82 Å². The second-order valence-corrected chi connectivity index (χ2v) is 5.40. The molecule has 2 rings (SSSR count). The standard InChI is InChI=1S/C13H18N4/c1-10-6-5-7-11(8-10)9-17-12(13(2,3)4)14-15-16-17/h5-8H,9H2,1-4H3. The number of tetrazole rings is 1. The molecule has 0 aliphatic heterocycles. The number of aryl methyl sites for hydroxylation is 1. The smallest absolute Gasteiger partial charge is 0.156 e. The number of rotatable bonds is 2. The molecule has 0 spiro atoms. The Kier molecular flexibility index (Phi) is 2.96. The summed E-state index contributed by atoms with van der Waals surface area (Å²) < 4.78 is 1.87. The van der Waals surface area contributed by atoms with Gasteiger partial charge in [0.1, 0.15) is 0 Å². The average molecular weight is 230 g/mol. The summed E-state index contributed by atoms with van der Waals surface area (Å²) in [6, 6.07) is 8.41. The van der Waals surface area contributed by atoms with Gasteiger partial charge >= 0.3 is 0 Å². The van der Waals surface area contributed by atoms with Crippen LogP contribution >= 0.6 is 0 Å². The summed E-state index contributed by atoms with van der Waals surface area (Å²) in [4.78, 5) is 0. The van der Waals surface area contributed by atoms with E-state index < -0.39 is 0 Å². The van der Waals surface area contributed by atoms with E-state index in [0.29, 0.717) is 0 Å². The van der Waals surface area contributed by atoms with E-state index in [-0.39, 0.29) is 5.41 Å². The van der Waals surface area contributed by atoms with Gasteiger partial charge in [0.05, 0.1) is 6.54 Å².